The Morgan fingerprint density at radius 2 is 0.481 bits per heavy atom. The molecule has 0 N–H and O–H groups in total. The van der Waals surface area contributed by atoms with Crippen LogP contribution in [0.4, 0.5) is 0 Å². The van der Waals surface area contributed by atoms with Crippen molar-refractivity contribution < 1.29 is 28.6 Å². The predicted molar refractivity (Wildman–Crippen MR) is 353 cm³/mol. The van der Waals surface area contributed by atoms with Crippen molar-refractivity contribution in [1.82, 2.24) is 0 Å². The van der Waals surface area contributed by atoms with Gasteiger partial charge in [-0.05, 0) is 70.6 Å². The number of ether oxygens (including phenoxy) is 3. The predicted octanol–water partition coefficient (Wildman–Crippen LogP) is 24.4. The molecule has 0 aromatic rings. The summed E-state index contributed by atoms with van der Waals surface area (Å²) < 4.78 is 16.9. The summed E-state index contributed by atoms with van der Waals surface area (Å²) in [5, 5.41) is 0. The molecule has 0 saturated carbocycles. The summed E-state index contributed by atoms with van der Waals surface area (Å²) in [4.78, 5) is 38.3. The highest BCUT2D eigenvalue weighted by atomic mass is 16.6. The molecule has 0 bridgehead atoms. The fourth-order valence-corrected chi connectivity index (χ4v) is 10.5. The molecular weight excluding hydrogens is 997 g/mol. The van der Waals surface area contributed by atoms with Crippen molar-refractivity contribution in [3.8, 4) is 0 Å². The maximum Gasteiger partial charge on any atom is 0.306 e. The third-order valence-corrected chi connectivity index (χ3v) is 15.7. The summed E-state index contributed by atoms with van der Waals surface area (Å²) in [6.07, 6.45) is 91.0. The Hall–Kier alpha value is -3.15. The molecule has 0 rings (SSSR count). The molecule has 0 radical (unpaired) electrons. The normalized spacial score (nSPS) is 12.5. The van der Waals surface area contributed by atoms with Crippen molar-refractivity contribution in [2.45, 2.75) is 374 Å². The fraction of sp³-hybridized carbons (Fsp3) is 0.800. The quantitative estimate of drug-likeness (QED) is 0.0261. The van der Waals surface area contributed by atoms with E-state index in [0.29, 0.717) is 19.3 Å². The van der Waals surface area contributed by atoms with Crippen LogP contribution in [0.2, 0.25) is 0 Å². The minimum atomic E-state index is -0.787. The average molecular weight is 1130 g/mol. The minimum Gasteiger partial charge on any atom is -0.462 e. The van der Waals surface area contributed by atoms with Crippen molar-refractivity contribution in [3.63, 3.8) is 0 Å². The van der Waals surface area contributed by atoms with E-state index in [9.17, 15) is 14.4 Å². The number of carbonyl (C=O) groups excluding carboxylic acids is 3. The zero-order valence-electron chi connectivity index (χ0n) is 54.1. The second kappa shape index (κ2) is 69.3. The number of rotatable bonds is 65. The van der Waals surface area contributed by atoms with Crippen LogP contribution in [0.15, 0.2) is 72.9 Å². The van der Waals surface area contributed by atoms with Crippen molar-refractivity contribution in [3.05, 3.63) is 72.9 Å². The van der Waals surface area contributed by atoms with Gasteiger partial charge in [0.2, 0.25) is 0 Å². The van der Waals surface area contributed by atoms with Crippen LogP contribution in [0.25, 0.3) is 0 Å². The maximum absolute atomic E-state index is 12.9. The van der Waals surface area contributed by atoms with E-state index >= 15 is 0 Å². The molecule has 0 aromatic heterocycles. The summed E-state index contributed by atoms with van der Waals surface area (Å²) in [5.74, 6) is -0.892. The molecule has 0 heterocycles. The molecule has 6 nitrogen and oxygen atoms in total. The molecule has 81 heavy (non-hydrogen) atoms. The molecule has 0 aliphatic heterocycles. The van der Waals surface area contributed by atoms with Gasteiger partial charge in [-0.3, -0.25) is 14.4 Å². The van der Waals surface area contributed by atoms with Crippen LogP contribution in [0, 0.1) is 0 Å². The van der Waals surface area contributed by atoms with Crippen LogP contribution < -0.4 is 0 Å². The largest absolute Gasteiger partial charge is 0.462 e. The third-order valence-electron chi connectivity index (χ3n) is 15.7. The highest BCUT2D eigenvalue weighted by Crippen LogP contribution is 2.18. The van der Waals surface area contributed by atoms with E-state index in [1.165, 1.54) is 218 Å². The number of unbranched alkanes of at least 4 members (excludes halogenated alkanes) is 42. The van der Waals surface area contributed by atoms with E-state index in [-0.39, 0.29) is 31.1 Å². The number of esters is 3. The standard InChI is InChI=1S/C75H134O6/c1-4-7-10-13-16-19-21-23-25-27-29-31-33-34-35-36-37-38-39-40-42-43-45-47-49-51-53-56-59-62-65-68-74(77)80-71-72(70-79-73(76)67-64-61-58-55-18-15-12-9-6-3)81-75(78)69-66-63-60-57-54-52-50-48-46-44-41-32-30-28-26-24-22-20-17-14-11-8-5-2/h8,11,17,20,24,26,30,32,44,46,50,52,72H,4-7,9-10,12-16,18-19,21-23,25,27-29,31,33-43,45,47-49,51,53-71H2,1-3H3/b11-8-,20-17-,26-24-,32-30-,46-44-,52-50-. The van der Waals surface area contributed by atoms with Gasteiger partial charge >= 0.3 is 17.9 Å². The van der Waals surface area contributed by atoms with Gasteiger partial charge in [-0.25, -0.2) is 0 Å². The van der Waals surface area contributed by atoms with Gasteiger partial charge in [0.1, 0.15) is 13.2 Å². The summed E-state index contributed by atoms with van der Waals surface area (Å²) in [5.41, 5.74) is 0. The topological polar surface area (TPSA) is 78.9 Å². The Labute approximate surface area is 503 Å². The van der Waals surface area contributed by atoms with Gasteiger partial charge in [-0.2, -0.15) is 0 Å². The zero-order chi connectivity index (χ0) is 58.5. The van der Waals surface area contributed by atoms with Gasteiger partial charge in [-0.1, -0.05) is 351 Å². The van der Waals surface area contributed by atoms with Crippen molar-refractivity contribution in [1.29, 1.82) is 0 Å². The van der Waals surface area contributed by atoms with Crippen LogP contribution >= 0.6 is 0 Å². The first-order chi connectivity index (χ1) is 40.0. The van der Waals surface area contributed by atoms with E-state index in [2.05, 4.69) is 93.7 Å². The fourth-order valence-electron chi connectivity index (χ4n) is 10.5. The van der Waals surface area contributed by atoms with Crippen LogP contribution in [0.1, 0.15) is 367 Å². The third kappa shape index (κ3) is 67.5. The zero-order valence-corrected chi connectivity index (χ0v) is 54.1. The number of hydrogen-bond donors (Lipinski definition) is 0. The molecule has 0 spiro atoms. The van der Waals surface area contributed by atoms with Gasteiger partial charge in [0.15, 0.2) is 6.10 Å². The molecule has 1 atom stereocenters. The molecule has 1 unspecified atom stereocenters. The monoisotopic (exact) mass is 1130 g/mol. The Balaban J connectivity index is 4.13. The maximum atomic E-state index is 12.9. The van der Waals surface area contributed by atoms with E-state index in [1.807, 2.05) is 0 Å². The molecule has 0 amide bonds. The van der Waals surface area contributed by atoms with E-state index in [1.54, 1.807) is 0 Å². The van der Waals surface area contributed by atoms with Crippen molar-refractivity contribution >= 4 is 17.9 Å². The second-order valence-electron chi connectivity index (χ2n) is 23.8. The first kappa shape index (κ1) is 77.9. The Bertz CT molecular complexity index is 1490. The molecule has 0 aliphatic carbocycles. The SMILES string of the molecule is CC/C=C\C/C=C\C/C=C\C/C=C\C/C=C\C/C=C\CCCCCCC(=O)OC(COC(=O)CCCCCCCCCCC)COC(=O)CCCCCCCCCCCCCCCCCCCCCCCCCCCCCCCCC. The lowest BCUT2D eigenvalue weighted by Gasteiger charge is -2.18. The molecule has 0 saturated heterocycles. The summed E-state index contributed by atoms with van der Waals surface area (Å²) in [6.45, 7) is 6.54. The first-order valence-electron chi connectivity index (χ1n) is 35.4. The highest BCUT2D eigenvalue weighted by Gasteiger charge is 2.19. The first-order valence-corrected chi connectivity index (χ1v) is 35.4. The number of hydrogen-bond acceptors (Lipinski definition) is 6. The lowest BCUT2D eigenvalue weighted by Crippen LogP contribution is -2.30. The molecule has 0 aliphatic rings. The van der Waals surface area contributed by atoms with E-state index in [0.717, 1.165) is 109 Å². The molecule has 470 valence electrons. The van der Waals surface area contributed by atoms with Crippen LogP contribution in [-0.2, 0) is 28.6 Å². The average Bonchev–Trinajstić information content (AvgIpc) is 3.47. The Morgan fingerprint density at radius 1 is 0.259 bits per heavy atom. The van der Waals surface area contributed by atoms with E-state index < -0.39 is 6.10 Å². The Kier molecular flexibility index (Phi) is 66.6. The van der Waals surface area contributed by atoms with Crippen molar-refractivity contribution in [2.24, 2.45) is 0 Å². The molecule has 0 aromatic carbocycles. The smallest absolute Gasteiger partial charge is 0.306 e. The molecule has 6 heteroatoms. The summed E-state index contributed by atoms with van der Waals surface area (Å²) in [7, 11) is 0. The van der Waals surface area contributed by atoms with Crippen LogP contribution in [-0.4, -0.2) is 37.2 Å². The summed E-state index contributed by atoms with van der Waals surface area (Å²) >= 11 is 0. The van der Waals surface area contributed by atoms with Crippen LogP contribution in [0.5, 0.6) is 0 Å². The van der Waals surface area contributed by atoms with Crippen LogP contribution in [0.3, 0.4) is 0 Å². The number of allylic oxidation sites excluding steroid dienone is 12. The number of carbonyl (C=O) groups is 3. The van der Waals surface area contributed by atoms with Gasteiger partial charge in [0.25, 0.3) is 0 Å². The van der Waals surface area contributed by atoms with Gasteiger partial charge in [0, 0.05) is 19.3 Å². The molecular formula is C75H134O6. The van der Waals surface area contributed by atoms with E-state index in [4.69, 9.17) is 14.2 Å². The van der Waals surface area contributed by atoms with Gasteiger partial charge < -0.3 is 14.2 Å². The highest BCUT2D eigenvalue weighted by molar-refractivity contribution is 5.71. The second-order valence-corrected chi connectivity index (χ2v) is 23.8. The van der Waals surface area contributed by atoms with Crippen molar-refractivity contribution in [2.75, 3.05) is 13.2 Å². The molecule has 0 fully saturated rings. The minimum absolute atomic E-state index is 0.0819. The Morgan fingerprint density at radius 3 is 0.753 bits per heavy atom. The lowest BCUT2D eigenvalue weighted by atomic mass is 10.0. The van der Waals surface area contributed by atoms with Gasteiger partial charge in [0.05, 0.1) is 0 Å². The lowest BCUT2D eigenvalue weighted by molar-refractivity contribution is -0.167. The summed E-state index contributed by atoms with van der Waals surface area (Å²) in [6, 6.07) is 0. The van der Waals surface area contributed by atoms with Gasteiger partial charge in [-0.15, -0.1) is 0 Å².